The van der Waals surface area contributed by atoms with Crippen LogP contribution in [0.4, 0.5) is 24.8 Å². The molecule has 4 aliphatic heterocycles. The fourth-order valence-corrected chi connectivity index (χ4v) is 6.53. The zero-order valence-electron chi connectivity index (χ0n) is 25.8. The van der Waals surface area contributed by atoms with Gasteiger partial charge in [0.05, 0.1) is 34.7 Å². The summed E-state index contributed by atoms with van der Waals surface area (Å²) in [4.78, 5) is 50.4. The number of rotatable bonds is 2. The van der Waals surface area contributed by atoms with Crippen LogP contribution in [0.1, 0.15) is 21.5 Å². The first kappa shape index (κ1) is 31.0. The third-order valence-electron chi connectivity index (χ3n) is 8.57. The van der Waals surface area contributed by atoms with Gasteiger partial charge in [-0.25, -0.2) is 27.3 Å². The molecule has 1 amide bonds. The molecular formula is C35H22ClF3N8O3. The highest BCUT2D eigenvalue weighted by Gasteiger charge is 2.24. The zero-order valence-corrected chi connectivity index (χ0v) is 26.6. The molecule has 0 saturated carbocycles. The molecule has 3 aromatic heterocycles. The number of pyridine rings is 1. The third kappa shape index (κ3) is 5.08. The maximum absolute atomic E-state index is 14.5. The predicted molar refractivity (Wildman–Crippen MR) is 180 cm³/mol. The summed E-state index contributed by atoms with van der Waals surface area (Å²) in [7, 11) is 1.71. The number of hydrogen-bond acceptors (Lipinski definition) is 7. The first-order valence-corrected chi connectivity index (χ1v) is 15.5. The quantitative estimate of drug-likeness (QED) is 0.226. The van der Waals surface area contributed by atoms with Gasteiger partial charge in [-0.1, -0.05) is 41.9 Å². The van der Waals surface area contributed by atoms with Crippen LogP contribution in [0.3, 0.4) is 0 Å². The van der Waals surface area contributed by atoms with Crippen molar-refractivity contribution in [3.63, 3.8) is 0 Å². The first-order chi connectivity index (χ1) is 24.1. The SMILES string of the molecule is Cn1cc2c3c(c(Cl)cc2n1)Nc1nc(=O)n(c(=O)n1Cc1cc(F)c(F)c(F)c1)-c1cncc2cccc(c12)-c1ccc(cc1)C(=O)NC3. The number of anilines is 2. The molecule has 0 saturated heterocycles. The lowest BCUT2D eigenvalue weighted by atomic mass is 9.97. The number of nitrogens with one attached hydrogen (secondary N) is 2. The molecule has 0 radical (unpaired) electrons. The van der Waals surface area contributed by atoms with E-state index in [0.29, 0.717) is 43.9 Å². The number of nitrogens with zero attached hydrogens (tertiary/aromatic N) is 6. The molecule has 0 spiro atoms. The lowest BCUT2D eigenvalue weighted by Crippen LogP contribution is -2.42. The van der Waals surface area contributed by atoms with E-state index >= 15 is 0 Å². The van der Waals surface area contributed by atoms with Crippen molar-refractivity contribution in [1.82, 2.24) is 34.2 Å². The summed E-state index contributed by atoms with van der Waals surface area (Å²) in [6.07, 6.45) is 4.62. The second-order valence-electron chi connectivity index (χ2n) is 11.7. The fourth-order valence-electron chi connectivity index (χ4n) is 6.26. The number of halogens is 4. The summed E-state index contributed by atoms with van der Waals surface area (Å²) in [6, 6.07) is 15.2. The van der Waals surface area contributed by atoms with Crippen molar-refractivity contribution in [2.75, 3.05) is 5.32 Å². The Kier molecular flexibility index (Phi) is 7.26. The molecule has 4 aliphatic rings. The Hall–Kier alpha value is -6.28. The number of carbonyl (C=O) groups is 1. The smallest absolute Gasteiger partial charge is 0.348 e. The summed E-state index contributed by atoms with van der Waals surface area (Å²) >= 11 is 6.78. The van der Waals surface area contributed by atoms with Crippen molar-refractivity contribution < 1.29 is 18.0 Å². The maximum Gasteiger partial charge on any atom is 0.359 e. The minimum Gasteiger partial charge on any atom is -0.348 e. The van der Waals surface area contributed by atoms with Gasteiger partial charge in [-0.05, 0) is 47.0 Å². The molecule has 0 atom stereocenters. The van der Waals surface area contributed by atoms with Gasteiger partial charge in [-0.3, -0.25) is 19.0 Å². The van der Waals surface area contributed by atoms with E-state index in [4.69, 9.17) is 11.6 Å². The van der Waals surface area contributed by atoms with Gasteiger partial charge in [0.15, 0.2) is 17.5 Å². The van der Waals surface area contributed by atoms with E-state index in [-0.39, 0.29) is 40.4 Å². The van der Waals surface area contributed by atoms with Gasteiger partial charge in [-0.15, -0.1) is 0 Å². The minimum absolute atomic E-state index is 0.0717. The van der Waals surface area contributed by atoms with E-state index in [0.717, 1.165) is 21.3 Å². The summed E-state index contributed by atoms with van der Waals surface area (Å²) in [5, 5.41) is 12.1. The number of fused-ring (bicyclic) bond motifs is 1. The Labute approximate surface area is 284 Å². The van der Waals surface area contributed by atoms with Gasteiger partial charge >= 0.3 is 11.4 Å². The van der Waals surface area contributed by atoms with Crippen LogP contribution in [0.5, 0.6) is 0 Å². The largest absolute Gasteiger partial charge is 0.359 e. The number of aryl methyl sites for hydroxylation is 1. The molecule has 2 N–H and O–H groups in total. The van der Waals surface area contributed by atoms with Crippen LogP contribution in [0.2, 0.25) is 5.02 Å². The molecule has 4 bridgehead atoms. The number of carbonyl (C=O) groups excluding carboxylic acids is 1. The highest BCUT2D eigenvalue weighted by atomic mass is 35.5. The van der Waals surface area contributed by atoms with E-state index in [9.17, 15) is 27.6 Å². The van der Waals surface area contributed by atoms with E-state index in [1.54, 1.807) is 72.7 Å². The molecule has 11 nitrogen and oxygen atoms in total. The lowest BCUT2D eigenvalue weighted by molar-refractivity contribution is 0.0951. The summed E-state index contributed by atoms with van der Waals surface area (Å²) in [5.41, 5.74) is 0.794. The molecule has 7 aromatic rings. The van der Waals surface area contributed by atoms with E-state index < -0.39 is 35.4 Å². The number of benzene rings is 4. The number of hydrogen-bond donors (Lipinski definition) is 2. The van der Waals surface area contributed by atoms with Crippen molar-refractivity contribution in [1.29, 1.82) is 0 Å². The van der Waals surface area contributed by atoms with Crippen molar-refractivity contribution in [3.05, 3.63) is 139 Å². The Bertz CT molecular complexity index is 2660. The Morgan fingerprint density at radius 2 is 1.68 bits per heavy atom. The molecule has 15 heteroatoms. The summed E-state index contributed by atoms with van der Waals surface area (Å²) < 4.78 is 46.1. The van der Waals surface area contributed by atoms with Crippen LogP contribution in [0, 0.1) is 17.5 Å². The molecule has 11 rings (SSSR count). The van der Waals surface area contributed by atoms with Crippen molar-refractivity contribution in [2.24, 2.45) is 7.05 Å². The van der Waals surface area contributed by atoms with Gasteiger partial charge in [0.1, 0.15) is 0 Å². The normalized spacial score (nSPS) is 12.6. The topological polar surface area (TPSA) is 129 Å². The second kappa shape index (κ2) is 11.7. The average Bonchev–Trinajstić information content (AvgIpc) is 3.47. The highest BCUT2D eigenvalue weighted by Crippen LogP contribution is 2.36. The van der Waals surface area contributed by atoms with Crippen molar-refractivity contribution in [2.45, 2.75) is 13.1 Å². The Morgan fingerprint density at radius 3 is 2.44 bits per heavy atom. The lowest BCUT2D eigenvalue weighted by Gasteiger charge is -2.19. The number of amides is 1. The Morgan fingerprint density at radius 1 is 0.940 bits per heavy atom. The first-order valence-electron chi connectivity index (χ1n) is 15.1. The average molecular weight is 695 g/mol. The molecule has 0 aliphatic carbocycles. The maximum atomic E-state index is 14.5. The van der Waals surface area contributed by atoms with Gasteiger partial charge in [0.2, 0.25) is 5.95 Å². The zero-order chi connectivity index (χ0) is 34.8. The standard InChI is InChI=1S/C35H22ClF3N8O3/c1-45-16-23-22-13-41-32(48)19-7-5-18(6-8-19)21-4-2-3-20-12-40-14-28(29(20)21)47-34(49)43-33(42-31(22)24(36)11-27(23)44-45)46(35(47)50)15-17-9-25(37)30(39)26(38)10-17/h2-12,14,16H,13,15H2,1H3,(H,41,48)(H,42,43,49). The van der Waals surface area contributed by atoms with E-state index in [1.807, 2.05) is 0 Å². The van der Waals surface area contributed by atoms with Crippen LogP contribution in [-0.2, 0) is 20.1 Å². The van der Waals surface area contributed by atoms with Gasteiger partial charge < -0.3 is 10.6 Å². The molecule has 248 valence electrons. The number of aromatic nitrogens is 6. The second-order valence-corrected chi connectivity index (χ2v) is 12.1. The molecule has 7 heterocycles. The third-order valence-corrected chi connectivity index (χ3v) is 8.86. The monoisotopic (exact) mass is 694 g/mol. The Balaban J connectivity index is 1.46. The van der Waals surface area contributed by atoms with Crippen LogP contribution in [0.25, 0.3) is 38.5 Å². The van der Waals surface area contributed by atoms with Crippen LogP contribution < -0.4 is 22.0 Å². The molecule has 50 heavy (non-hydrogen) atoms. The van der Waals surface area contributed by atoms with Crippen LogP contribution in [0.15, 0.2) is 88.8 Å². The molecular weight excluding hydrogens is 673 g/mol. The summed E-state index contributed by atoms with van der Waals surface area (Å²) in [6.45, 7) is -0.620. The van der Waals surface area contributed by atoms with E-state index in [1.165, 1.54) is 6.20 Å². The molecule has 4 aromatic carbocycles. The van der Waals surface area contributed by atoms with Crippen LogP contribution in [-0.4, -0.2) is 34.8 Å². The van der Waals surface area contributed by atoms with Crippen molar-refractivity contribution in [3.8, 4) is 16.8 Å². The highest BCUT2D eigenvalue weighted by molar-refractivity contribution is 6.34. The predicted octanol–water partition coefficient (Wildman–Crippen LogP) is 5.60. The van der Waals surface area contributed by atoms with E-state index in [2.05, 4.69) is 25.7 Å². The minimum atomic E-state index is -1.68. The van der Waals surface area contributed by atoms with Gasteiger partial charge in [0.25, 0.3) is 5.91 Å². The molecule has 0 unspecified atom stereocenters. The van der Waals surface area contributed by atoms with Gasteiger partial charge in [-0.2, -0.15) is 10.1 Å². The molecule has 0 fully saturated rings. The fraction of sp³-hybridized carbons (Fsp3) is 0.0857. The van der Waals surface area contributed by atoms with Crippen molar-refractivity contribution >= 4 is 50.8 Å². The van der Waals surface area contributed by atoms with Crippen LogP contribution >= 0.6 is 11.6 Å². The summed E-state index contributed by atoms with van der Waals surface area (Å²) in [5.74, 6) is -5.34. The van der Waals surface area contributed by atoms with Gasteiger partial charge in [0, 0.05) is 53.3 Å².